The van der Waals surface area contributed by atoms with Crippen molar-refractivity contribution in [3.05, 3.63) is 83.2 Å². The highest BCUT2D eigenvalue weighted by molar-refractivity contribution is 5.95. The molecule has 10 heteroatoms. The summed E-state index contributed by atoms with van der Waals surface area (Å²) in [6, 6.07) is 14.2. The normalized spacial score (nSPS) is 14.0. The number of nitrogens with one attached hydrogen (secondary N) is 2. The quantitative estimate of drug-likeness (QED) is 0.465. The van der Waals surface area contributed by atoms with E-state index in [4.69, 9.17) is 4.74 Å². The highest BCUT2D eigenvalue weighted by Crippen LogP contribution is 2.30. The topological polar surface area (TPSA) is 66.5 Å². The predicted molar refractivity (Wildman–Crippen MR) is 125 cm³/mol. The second-order valence-corrected chi connectivity index (χ2v) is 8.07. The highest BCUT2D eigenvalue weighted by atomic mass is 19.4. The third-order valence-corrected chi connectivity index (χ3v) is 5.47. The molecule has 184 valence electrons. The predicted octanol–water partition coefficient (Wildman–Crippen LogP) is 4.87. The first-order valence-corrected chi connectivity index (χ1v) is 11.1. The molecule has 0 radical (unpaired) electrons. The zero-order valence-corrected chi connectivity index (χ0v) is 18.7. The van der Waals surface area contributed by atoms with Crippen LogP contribution in [0, 0.1) is 5.82 Å². The van der Waals surface area contributed by atoms with Crippen LogP contribution in [0.2, 0.25) is 0 Å². The first-order chi connectivity index (χ1) is 16.8. The van der Waals surface area contributed by atoms with E-state index >= 15 is 0 Å². The van der Waals surface area contributed by atoms with E-state index in [2.05, 4.69) is 15.6 Å². The number of amides is 1. The van der Waals surface area contributed by atoms with Crippen LogP contribution in [0.5, 0.6) is 0 Å². The number of hydrogen-bond donors (Lipinski definition) is 2. The van der Waals surface area contributed by atoms with Gasteiger partial charge in [-0.2, -0.15) is 13.2 Å². The van der Waals surface area contributed by atoms with E-state index in [0.717, 1.165) is 17.7 Å². The maximum atomic E-state index is 13.1. The van der Waals surface area contributed by atoms with Gasteiger partial charge >= 0.3 is 6.18 Å². The van der Waals surface area contributed by atoms with Gasteiger partial charge in [0.1, 0.15) is 11.6 Å². The average molecular weight is 488 g/mol. The van der Waals surface area contributed by atoms with Crippen LogP contribution in [0.4, 0.5) is 34.9 Å². The van der Waals surface area contributed by atoms with Crippen molar-refractivity contribution in [1.82, 2.24) is 4.98 Å². The number of anilines is 3. The molecule has 35 heavy (non-hydrogen) atoms. The molecule has 1 saturated heterocycles. The lowest BCUT2D eigenvalue weighted by atomic mass is 10.1. The molecular weight excluding hydrogens is 464 g/mol. The Bertz CT molecular complexity index is 1160. The van der Waals surface area contributed by atoms with Crippen molar-refractivity contribution in [3.8, 4) is 0 Å². The van der Waals surface area contributed by atoms with Crippen LogP contribution in [0.3, 0.4) is 0 Å². The molecule has 1 amide bonds. The summed E-state index contributed by atoms with van der Waals surface area (Å²) in [6.07, 6.45) is -4.69. The number of carbonyl (C=O) groups excluding carboxylic acids is 1. The van der Waals surface area contributed by atoms with Crippen molar-refractivity contribution in [1.29, 1.82) is 0 Å². The van der Waals surface area contributed by atoms with Crippen LogP contribution in [0.15, 0.2) is 60.7 Å². The van der Waals surface area contributed by atoms with Gasteiger partial charge in [-0.25, -0.2) is 9.37 Å². The van der Waals surface area contributed by atoms with E-state index in [1.807, 2.05) is 4.90 Å². The smallest absolute Gasteiger partial charge is 0.378 e. The van der Waals surface area contributed by atoms with Crippen LogP contribution >= 0.6 is 0 Å². The number of halogens is 4. The molecule has 2 aromatic carbocycles. The van der Waals surface area contributed by atoms with Gasteiger partial charge in [-0.1, -0.05) is 30.3 Å². The molecule has 1 aliphatic rings. The highest BCUT2D eigenvalue weighted by Gasteiger charge is 2.30. The number of rotatable bonds is 7. The van der Waals surface area contributed by atoms with E-state index in [9.17, 15) is 22.4 Å². The van der Waals surface area contributed by atoms with Gasteiger partial charge < -0.3 is 20.3 Å². The summed E-state index contributed by atoms with van der Waals surface area (Å²) >= 11 is 0. The van der Waals surface area contributed by atoms with Crippen molar-refractivity contribution in [2.75, 3.05) is 41.8 Å². The third-order valence-electron chi connectivity index (χ3n) is 5.47. The van der Waals surface area contributed by atoms with Crippen LogP contribution in [-0.2, 0) is 28.7 Å². The van der Waals surface area contributed by atoms with E-state index in [0.29, 0.717) is 50.2 Å². The summed E-state index contributed by atoms with van der Waals surface area (Å²) in [7, 11) is 0. The number of alkyl halides is 3. The fourth-order valence-electron chi connectivity index (χ4n) is 3.69. The lowest BCUT2D eigenvalue weighted by molar-refractivity contribution is -0.137. The largest absolute Gasteiger partial charge is 0.416 e. The number of aromatic nitrogens is 1. The van der Waals surface area contributed by atoms with E-state index in [1.165, 1.54) is 24.3 Å². The summed E-state index contributed by atoms with van der Waals surface area (Å²) in [5, 5.41) is 5.98. The summed E-state index contributed by atoms with van der Waals surface area (Å²) in [4.78, 5) is 19.3. The minimum Gasteiger partial charge on any atom is -0.378 e. The van der Waals surface area contributed by atoms with Crippen molar-refractivity contribution >= 4 is 23.2 Å². The zero-order chi connectivity index (χ0) is 24.8. The van der Waals surface area contributed by atoms with Gasteiger partial charge in [-0.15, -0.1) is 0 Å². The van der Waals surface area contributed by atoms with Gasteiger partial charge in [-0.3, -0.25) is 4.79 Å². The number of morpholine rings is 1. The molecule has 0 aliphatic carbocycles. The van der Waals surface area contributed by atoms with Crippen LogP contribution in [0.1, 0.15) is 16.7 Å². The van der Waals surface area contributed by atoms with Crippen molar-refractivity contribution < 1.29 is 27.1 Å². The Morgan fingerprint density at radius 3 is 2.46 bits per heavy atom. The Hall–Kier alpha value is -3.66. The second kappa shape index (κ2) is 10.7. The Labute approximate surface area is 199 Å². The SMILES string of the molecule is O=C(Cc1cccc(C(F)(F)F)c1)Nc1ccc(NCc2ccc(F)cc2)nc1N1CCOCC1. The molecule has 6 nitrogen and oxygen atoms in total. The van der Waals surface area contributed by atoms with Crippen molar-refractivity contribution in [2.45, 2.75) is 19.1 Å². The molecule has 1 fully saturated rings. The Kier molecular flexibility index (Phi) is 7.50. The zero-order valence-electron chi connectivity index (χ0n) is 18.7. The molecule has 1 aliphatic heterocycles. The summed E-state index contributed by atoms with van der Waals surface area (Å²) in [5.74, 6) is 0.334. The minimum absolute atomic E-state index is 0.211. The van der Waals surface area contributed by atoms with Gasteiger partial charge in [0, 0.05) is 19.6 Å². The molecule has 0 bridgehead atoms. The molecule has 1 aromatic heterocycles. The van der Waals surface area contributed by atoms with Gasteiger partial charge in [0.15, 0.2) is 5.82 Å². The van der Waals surface area contributed by atoms with Gasteiger partial charge in [0.2, 0.25) is 5.91 Å². The van der Waals surface area contributed by atoms with Crippen molar-refractivity contribution in [3.63, 3.8) is 0 Å². The van der Waals surface area contributed by atoms with E-state index in [-0.39, 0.29) is 17.8 Å². The van der Waals surface area contributed by atoms with E-state index < -0.39 is 17.6 Å². The van der Waals surface area contributed by atoms with Crippen LogP contribution in [-0.4, -0.2) is 37.2 Å². The fourth-order valence-corrected chi connectivity index (χ4v) is 3.69. The summed E-state index contributed by atoms with van der Waals surface area (Å²) < 4.78 is 57.5. The minimum atomic E-state index is -4.48. The lowest BCUT2D eigenvalue weighted by Crippen LogP contribution is -2.37. The molecule has 0 spiro atoms. The number of hydrogen-bond acceptors (Lipinski definition) is 5. The molecular formula is C25H24F4N4O2. The standard InChI is InChI=1S/C25H24F4N4O2/c26-20-6-4-17(5-7-20)16-30-22-9-8-21(24(32-22)33-10-12-35-13-11-33)31-23(34)15-18-2-1-3-19(14-18)25(27,28)29/h1-9,14H,10-13,15-16H2,(H,30,32)(H,31,34). The maximum absolute atomic E-state index is 13.1. The first-order valence-electron chi connectivity index (χ1n) is 11.1. The van der Waals surface area contributed by atoms with Crippen molar-refractivity contribution in [2.24, 2.45) is 0 Å². The maximum Gasteiger partial charge on any atom is 0.416 e. The molecule has 0 saturated carbocycles. The lowest BCUT2D eigenvalue weighted by Gasteiger charge is -2.29. The molecule has 3 aromatic rings. The van der Waals surface area contributed by atoms with Crippen LogP contribution < -0.4 is 15.5 Å². The second-order valence-electron chi connectivity index (χ2n) is 8.07. The van der Waals surface area contributed by atoms with Crippen LogP contribution in [0.25, 0.3) is 0 Å². The number of carbonyl (C=O) groups is 1. The molecule has 0 atom stereocenters. The van der Waals surface area contributed by atoms with Gasteiger partial charge in [0.05, 0.1) is 30.9 Å². The summed E-state index contributed by atoms with van der Waals surface area (Å²) in [5.41, 5.74) is 0.793. The van der Waals surface area contributed by atoms with Gasteiger partial charge in [-0.05, 0) is 41.5 Å². The number of pyridine rings is 1. The Morgan fingerprint density at radius 2 is 1.74 bits per heavy atom. The van der Waals surface area contributed by atoms with Gasteiger partial charge in [0.25, 0.3) is 0 Å². The monoisotopic (exact) mass is 488 g/mol. The third kappa shape index (κ3) is 6.69. The Morgan fingerprint density at radius 1 is 1.00 bits per heavy atom. The molecule has 2 heterocycles. The summed E-state index contributed by atoms with van der Waals surface area (Å²) in [6.45, 7) is 2.59. The fraction of sp³-hybridized carbons (Fsp3) is 0.280. The number of ether oxygens (including phenoxy) is 1. The van der Waals surface area contributed by atoms with E-state index in [1.54, 1.807) is 24.3 Å². The average Bonchev–Trinajstić information content (AvgIpc) is 2.84. The first kappa shape index (κ1) is 24.5. The Balaban J connectivity index is 1.49. The molecule has 2 N–H and O–H groups in total. The molecule has 4 rings (SSSR count). The molecule has 0 unspecified atom stereocenters. The number of benzene rings is 2. The number of nitrogens with zero attached hydrogens (tertiary/aromatic N) is 2.